The Morgan fingerprint density at radius 2 is 2.10 bits per heavy atom. The SMILES string of the molecule is Nc1ccc2nc(SCc3ccc(F)cc3Cl)oc2c1. The van der Waals surface area contributed by atoms with Gasteiger partial charge in [-0.2, -0.15) is 0 Å². The molecule has 0 amide bonds. The van der Waals surface area contributed by atoms with Crippen molar-refractivity contribution >= 4 is 40.1 Å². The first-order valence-electron chi connectivity index (χ1n) is 5.84. The van der Waals surface area contributed by atoms with Crippen LogP contribution < -0.4 is 5.73 Å². The van der Waals surface area contributed by atoms with E-state index in [0.29, 0.717) is 27.3 Å². The van der Waals surface area contributed by atoms with E-state index in [-0.39, 0.29) is 5.82 Å². The molecule has 2 aromatic carbocycles. The van der Waals surface area contributed by atoms with Gasteiger partial charge in [-0.05, 0) is 29.8 Å². The van der Waals surface area contributed by atoms with Gasteiger partial charge in [0.1, 0.15) is 11.3 Å². The maximum absolute atomic E-state index is 13.0. The molecule has 0 aliphatic rings. The van der Waals surface area contributed by atoms with E-state index in [0.717, 1.165) is 11.1 Å². The van der Waals surface area contributed by atoms with Gasteiger partial charge in [-0.15, -0.1) is 0 Å². The topological polar surface area (TPSA) is 52.0 Å². The molecular weight excluding hydrogens is 299 g/mol. The molecule has 0 fully saturated rings. The first-order valence-corrected chi connectivity index (χ1v) is 7.21. The van der Waals surface area contributed by atoms with Crippen LogP contribution in [0.15, 0.2) is 46.0 Å². The molecule has 0 radical (unpaired) electrons. The quantitative estimate of drug-likeness (QED) is 0.572. The summed E-state index contributed by atoms with van der Waals surface area (Å²) in [4.78, 5) is 4.34. The average molecular weight is 309 g/mol. The van der Waals surface area contributed by atoms with E-state index in [1.54, 1.807) is 18.2 Å². The van der Waals surface area contributed by atoms with Crippen LogP contribution in [0.4, 0.5) is 10.1 Å². The highest BCUT2D eigenvalue weighted by Crippen LogP contribution is 2.29. The summed E-state index contributed by atoms with van der Waals surface area (Å²) in [6, 6.07) is 9.65. The Morgan fingerprint density at radius 1 is 1.25 bits per heavy atom. The predicted octanol–water partition coefficient (Wildman–Crippen LogP) is 4.49. The fourth-order valence-electron chi connectivity index (χ4n) is 1.76. The third-order valence-electron chi connectivity index (χ3n) is 2.76. The van der Waals surface area contributed by atoms with E-state index in [1.807, 2.05) is 6.07 Å². The third-order valence-corrected chi connectivity index (χ3v) is 3.99. The second kappa shape index (κ2) is 5.34. The van der Waals surface area contributed by atoms with Crippen molar-refractivity contribution in [2.75, 3.05) is 5.73 Å². The molecule has 0 unspecified atom stereocenters. The van der Waals surface area contributed by atoms with Gasteiger partial charge in [0.2, 0.25) is 0 Å². The van der Waals surface area contributed by atoms with Gasteiger partial charge in [-0.1, -0.05) is 29.4 Å². The van der Waals surface area contributed by atoms with Crippen molar-refractivity contribution in [3.63, 3.8) is 0 Å². The molecule has 3 nitrogen and oxygen atoms in total. The number of fused-ring (bicyclic) bond motifs is 1. The van der Waals surface area contributed by atoms with E-state index in [2.05, 4.69) is 4.98 Å². The Kier molecular flexibility index (Phi) is 3.54. The molecule has 20 heavy (non-hydrogen) atoms. The number of aromatic nitrogens is 1. The molecule has 0 bridgehead atoms. The number of hydrogen-bond acceptors (Lipinski definition) is 4. The number of rotatable bonds is 3. The van der Waals surface area contributed by atoms with Gasteiger partial charge in [0, 0.05) is 22.5 Å². The second-order valence-electron chi connectivity index (χ2n) is 4.23. The number of nitrogens with two attached hydrogens (primary N) is 1. The molecule has 0 aliphatic heterocycles. The number of halogens is 2. The second-order valence-corrected chi connectivity index (χ2v) is 5.57. The fraction of sp³-hybridized carbons (Fsp3) is 0.0714. The molecule has 3 rings (SSSR count). The van der Waals surface area contributed by atoms with Crippen LogP contribution >= 0.6 is 23.4 Å². The van der Waals surface area contributed by atoms with Gasteiger partial charge in [0.25, 0.3) is 5.22 Å². The summed E-state index contributed by atoms with van der Waals surface area (Å²) < 4.78 is 18.5. The lowest BCUT2D eigenvalue weighted by molar-refractivity contribution is 0.489. The number of benzene rings is 2. The van der Waals surface area contributed by atoms with Crippen LogP contribution in [-0.4, -0.2) is 4.98 Å². The lowest BCUT2D eigenvalue weighted by Gasteiger charge is -2.01. The first-order chi connectivity index (χ1) is 9.61. The number of nitrogen functional groups attached to an aromatic ring is 1. The van der Waals surface area contributed by atoms with Gasteiger partial charge < -0.3 is 10.2 Å². The Balaban J connectivity index is 1.79. The minimum absolute atomic E-state index is 0.346. The molecule has 0 saturated carbocycles. The normalized spacial score (nSPS) is 11.1. The van der Waals surface area contributed by atoms with E-state index < -0.39 is 0 Å². The zero-order valence-corrected chi connectivity index (χ0v) is 11.8. The molecule has 2 N–H and O–H groups in total. The number of thioether (sulfide) groups is 1. The highest BCUT2D eigenvalue weighted by atomic mass is 35.5. The van der Waals surface area contributed by atoms with Gasteiger partial charge >= 0.3 is 0 Å². The van der Waals surface area contributed by atoms with Crippen LogP contribution in [0.5, 0.6) is 0 Å². The lowest BCUT2D eigenvalue weighted by Crippen LogP contribution is -1.84. The Bertz CT molecular complexity index is 775. The average Bonchev–Trinajstić information content (AvgIpc) is 2.79. The molecule has 6 heteroatoms. The molecule has 3 aromatic rings. The van der Waals surface area contributed by atoms with Crippen LogP contribution in [0.1, 0.15) is 5.56 Å². The number of hydrogen-bond donors (Lipinski definition) is 1. The van der Waals surface area contributed by atoms with Crippen LogP contribution in [0, 0.1) is 5.82 Å². The number of anilines is 1. The summed E-state index contributed by atoms with van der Waals surface area (Å²) in [6.45, 7) is 0. The summed E-state index contributed by atoms with van der Waals surface area (Å²) in [5.41, 5.74) is 8.56. The van der Waals surface area contributed by atoms with Crippen molar-refractivity contribution in [2.45, 2.75) is 11.0 Å². The summed E-state index contributed by atoms with van der Waals surface area (Å²) in [5, 5.41) is 0.934. The van der Waals surface area contributed by atoms with Crippen LogP contribution in [0.2, 0.25) is 5.02 Å². The van der Waals surface area contributed by atoms with Crippen molar-refractivity contribution in [3.8, 4) is 0 Å². The van der Waals surface area contributed by atoms with Gasteiger partial charge in [-0.3, -0.25) is 0 Å². The Labute approximate surface area is 123 Å². The van der Waals surface area contributed by atoms with Crippen molar-refractivity contribution in [2.24, 2.45) is 0 Å². The maximum atomic E-state index is 13.0. The molecule has 1 heterocycles. The summed E-state index contributed by atoms with van der Waals surface area (Å²) in [6.07, 6.45) is 0. The van der Waals surface area contributed by atoms with Gasteiger partial charge in [0.15, 0.2) is 5.58 Å². The standard InChI is InChI=1S/C14H10ClFN2OS/c15-11-5-9(16)2-1-8(11)7-20-14-18-12-4-3-10(17)6-13(12)19-14/h1-6H,7,17H2. The van der Waals surface area contributed by atoms with Crippen molar-refractivity contribution in [1.82, 2.24) is 4.98 Å². The highest BCUT2D eigenvalue weighted by Gasteiger charge is 2.09. The van der Waals surface area contributed by atoms with Crippen molar-refractivity contribution in [1.29, 1.82) is 0 Å². The summed E-state index contributed by atoms with van der Waals surface area (Å²) >= 11 is 7.37. The van der Waals surface area contributed by atoms with Crippen molar-refractivity contribution < 1.29 is 8.81 Å². The first kappa shape index (κ1) is 13.3. The third kappa shape index (κ3) is 2.73. The monoisotopic (exact) mass is 308 g/mol. The zero-order valence-electron chi connectivity index (χ0n) is 10.3. The van der Waals surface area contributed by atoms with Gasteiger partial charge in [0.05, 0.1) is 0 Å². The van der Waals surface area contributed by atoms with E-state index in [4.69, 9.17) is 21.8 Å². The minimum Gasteiger partial charge on any atom is -0.431 e. The molecule has 0 aliphatic carbocycles. The number of oxazole rings is 1. The minimum atomic E-state index is -0.346. The van der Waals surface area contributed by atoms with E-state index >= 15 is 0 Å². The summed E-state index contributed by atoms with van der Waals surface area (Å²) in [7, 11) is 0. The smallest absolute Gasteiger partial charge is 0.257 e. The molecule has 0 saturated heterocycles. The highest BCUT2D eigenvalue weighted by molar-refractivity contribution is 7.98. The molecule has 0 spiro atoms. The largest absolute Gasteiger partial charge is 0.431 e. The van der Waals surface area contributed by atoms with Crippen LogP contribution in [0.25, 0.3) is 11.1 Å². The van der Waals surface area contributed by atoms with Crippen LogP contribution in [-0.2, 0) is 5.75 Å². The lowest BCUT2D eigenvalue weighted by atomic mass is 10.2. The number of nitrogens with zero attached hydrogens (tertiary/aromatic N) is 1. The molecule has 1 aromatic heterocycles. The Hall–Kier alpha value is -1.72. The molecule has 0 atom stereocenters. The van der Waals surface area contributed by atoms with Crippen LogP contribution in [0.3, 0.4) is 0 Å². The molecule has 102 valence electrons. The fourth-order valence-corrected chi connectivity index (χ4v) is 2.92. The van der Waals surface area contributed by atoms with Crippen molar-refractivity contribution in [3.05, 3.63) is 52.8 Å². The summed E-state index contributed by atoms with van der Waals surface area (Å²) in [5.74, 6) is 0.211. The maximum Gasteiger partial charge on any atom is 0.257 e. The zero-order chi connectivity index (χ0) is 14.1. The molecular formula is C14H10ClFN2OS. The van der Waals surface area contributed by atoms with Gasteiger partial charge in [-0.25, -0.2) is 9.37 Å². The Morgan fingerprint density at radius 3 is 2.90 bits per heavy atom. The van der Waals surface area contributed by atoms with E-state index in [1.165, 1.54) is 23.9 Å². The predicted molar refractivity (Wildman–Crippen MR) is 79.4 cm³/mol. The van der Waals surface area contributed by atoms with E-state index in [9.17, 15) is 4.39 Å².